The Morgan fingerprint density at radius 1 is 1.08 bits per heavy atom. The Morgan fingerprint density at radius 3 is 2.47 bits per heavy atom. The number of aromatic nitrogens is 2. The minimum Gasteiger partial charge on any atom is -0.469 e. The summed E-state index contributed by atoms with van der Waals surface area (Å²) < 4.78 is 11.8. The van der Waals surface area contributed by atoms with Gasteiger partial charge in [-0.2, -0.15) is 0 Å². The molecule has 0 saturated carbocycles. The molecule has 0 radical (unpaired) electrons. The molecule has 1 aliphatic heterocycles. The first-order valence-corrected chi connectivity index (χ1v) is 12.2. The predicted octanol–water partition coefficient (Wildman–Crippen LogP) is 4.20. The Hall–Kier alpha value is -3.72. The van der Waals surface area contributed by atoms with Gasteiger partial charge in [-0.3, -0.25) is 9.78 Å². The van der Waals surface area contributed by atoms with Crippen molar-refractivity contribution < 1.29 is 19.1 Å². The molecule has 0 bridgehead atoms. The van der Waals surface area contributed by atoms with Gasteiger partial charge in [-0.25, -0.2) is 4.79 Å². The Labute approximate surface area is 216 Å². The van der Waals surface area contributed by atoms with Crippen LogP contribution in [-0.4, -0.2) is 52.3 Å². The Balaban J connectivity index is 1.72. The third kappa shape index (κ3) is 4.97. The lowest BCUT2D eigenvalue weighted by atomic mass is 9.96. The van der Waals surface area contributed by atoms with E-state index >= 15 is 0 Å². The number of benzene rings is 1. The summed E-state index contributed by atoms with van der Waals surface area (Å²) in [5.74, 6) is -0.603. The predicted molar refractivity (Wildman–Crippen MR) is 140 cm³/mol. The molecular formula is C27H30N4O4S. The number of carbonyl (C=O) groups excluding carboxylic acids is 2. The molecule has 0 aliphatic carbocycles. The van der Waals surface area contributed by atoms with Crippen LogP contribution >= 0.6 is 12.2 Å². The first-order valence-electron chi connectivity index (χ1n) is 11.8. The maximum atomic E-state index is 11.9. The minimum atomic E-state index is -0.366. The number of hydrogen-bond donors (Lipinski definition) is 1. The number of carbonyl (C=O) groups is 2. The van der Waals surface area contributed by atoms with Crippen LogP contribution in [-0.2, 0) is 14.3 Å². The monoisotopic (exact) mass is 506 g/mol. The van der Waals surface area contributed by atoms with Gasteiger partial charge in [0.05, 0.1) is 37.6 Å². The van der Waals surface area contributed by atoms with Gasteiger partial charge in [0.2, 0.25) is 0 Å². The molecule has 0 unspecified atom stereocenters. The van der Waals surface area contributed by atoms with Crippen LogP contribution in [0.3, 0.4) is 0 Å². The Morgan fingerprint density at radius 2 is 1.83 bits per heavy atom. The van der Waals surface area contributed by atoms with Crippen molar-refractivity contribution in [3.05, 3.63) is 82.9 Å². The number of nitrogens with zero attached hydrogens (tertiary/aromatic N) is 3. The summed E-state index contributed by atoms with van der Waals surface area (Å²) >= 11 is 5.75. The van der Waals surface area contributed by atoms with E-state index in [0.29, 0.717) is 30.1 Å². The highest BCUT2D eigenvalue weighted by molar-refractivity contribution is 7.80. The smallest absolute Gasteiger partial charge is 0.337 e. The zero-order valence-electron chi connectivity index (χ0n) is 20.9. The summed E-state index contributed by atoms with van der Waals surface area (Å²) in [7, 11) is 2.77. The minimum absolute atomic E-state index is 0.112. The zero-order valence-corrected chi connectivity index (χ0v) is 21.7. The third-order valence-electron chi connectivity index (χ3n) is 6.54. The molecule has 2 atom stereocenters. The van der Waals surface area contributed by atoms with E-state index in [-0.39, 0.29) is 24.0 Å². The largest absolute Gasteiger partial charge is 0.469 e. The van der Waals surface area contributed by atoms with Crippen molar-refractivity contribution in [2.24, 2.45) is 0 Å². The Kier molecular flexibility index (Phi) is 7.69. The number of aryl methyl sites for hydroxylation is 1. The number of rotatable bonds is 8. The molecule has 1 aliphatic rings. The second kappa shape index (κ2) is 10.9. The van der Waals surface area contributed by atoms with Gasteiger partial charge in [0, 0.05) is 36.2 Å². The number of esters is 2. The summed E-state index contributed by atoms with van der Waals surface area (Å²) in [6.45, 7) is 4.75. The lowest BCUT2D eigenvalue weighted by molar-refractivity contribution is -0.140. The van der Waals surface area contributed by atoms with Gasteiger partial charge >= 0.3 is 11.9 Å². The van der Waals surface area contributed by atoms with Crippen LogP contribution in [0.2, 0.25) is 0 Å². The standard InChI is InChI=1S/C27H30N4O4S/c1-17-16-21(18(2)31(17)20-12-10-19(11-13-20)26(33)35-4)25-24(22-8-5-6-14-28-22)29-27(36)30(25)15-7-9-23(32)34-3/h5-6,8,10-14,16,24-25H,7,9,15H2,1-4H3,(H,29,36)/t24-,25+/m0/s1. The van der Waals surface area contributed by atoms with Crippen molar-refractivity contribution in [2.75, 3.05) is 20.8 Å². The van der Waals surface area contributed by atoms with E-state index in [1.54, 1.807) is 18.3 Å². The second-order valence-corrected chi connectivity index (χ2v) is 9.09. The van der Waals surface area contributed by atoms with Crippen molar-refractivity contribution >= 4 is 29.3 Å². The van der Waals surface area contributed by atoms with E-state index in [0.717, 1.165) is 28.3 Å². The van der Waals surface area contributed by atoms with Crippen molar-refractivity contribution in [1.82, 2.24) is 19.8 Å². The average molecular weight is 507 g/mol. The summed E-state index contributed by atoms with van der Waals surface area (Å²) in [6.07, 6.45) is 2.72. The van der Waals surface area contributed by atoms with Crippen LogP contribution in [0.1, 0.15) is 57.9 Å². The fourth-order valence-corrected chi connectivity index (χ4v) is 5.16. The lowest BCUT2D eigenvalue weighted by Crippen LogP contribution is -2.31. The van der Waals surface area contributed by atoms with Crippen LogP contribution in [0.5, 0.6) is 0 Å². The van der Waals surface area contributed by atoms with Crippen molar-refractivity contribution in [3.8, 4) is 5.69 Å². The van der Waals surface area contributed by atoms with E-state index < -0.39 is 0 Å². The number of pyridine rings is 1. The van der Waals surface area contributed by atoms with E-state index in [2.05, 4.69) is 39.7 Å². The van der Waals surface area contributed by atoms with Gasteiger partial charge < -0.3 is 24.3 Å². The Bertz CT molecular complexity index is 1260. The molecule has 1 aromatic carbocycles. The molecule has 36 heavy (non-hydrogen) atoms. The van der Waals surface area contributed by atoms with Gasteiger partial charge in [0.25, 0.3) is 0 Å². The fourth-order valence-electron chi connectivity index (χ4n) is 4.83. The molecule has 9 heteroatoms. The molecule has 8 nitrogen and oxygen atoms in total. The zero-order chi connectivity index (χ0) is 25.8. The molecular weight excluding hydrogens is 476 g/mol. The number of methoxy groups -OCH3 is 2. The molecule has 1 saturated heterocycles. The first kappa shape index (κ1) is 25.4. The van der Waals surface area contributed by atoms with Crippen molar-refractivity contribution in [3.63, 3.8) is 0 Å². The topological polar surface area (TPSA) is 85.7 Å². The highest BCUT2D eigenvalue weighted by Crippen LogP contribution is 2.41. The molecule has 1 fully saturated rings. The van der Waals surface area contributed by atoms with Gasteiger partial charge in [-0.1, -0.05) is 6.07 Å². The van der Waals surface area contributed by atoms with Gasteiger partial charge in [-0.05, 0) is 80.5 Å². The van der Waals surface area contributed by atoms with Crippen LogP contribution in [0.25, 0.3) is 5.69 Å². The summed E-state index contributed by atoms with van der Waals surface area (Å²) in [4.78, 5) is 30.3. The van der Waals surface area contributed by atoms with E-state index in [4.69, 9.17) is 21.7 Å². The summed E-state index contributed by atoms with van der Waals surface area (Å²) in [5, 5.41) is 4.09. The quantitative estimate of drug-likeness (QED) is 0.359. The van der Waals surface area contributed by atoms with Crippen LogP contribution in [0.4, 0.5) is 0 Å². The lowest BCUT2D eigenvalue weighted by Gasteiger charge is -2.28. The molecule has 188 valence electrons. The maximum absolute atomic E-state index is 11.9. The second-order valence-electron chi connectivity index (χ2n) is 8.70. The molecule has 3 aromatic rings. The molecule has 0 amide bonds. The first-order chi connectivity index (χ1) is 17.3. The molecule has 0 spiro atoms. The van der Waals surface area contributed by atoms with E-state index in [1.165, 1.54) is 14.2 Å². The molecule has 3 heterocycles. The van der Waals surface area contributed by atoms with E-state index in [1.807, 2.05) is 30.3 Å². The van der Waals surface area contributed by atoms with Gasteiger partial charge in [0.1, 0.15) is 0 Å². The third-order valence-corrected chi connectivity index (χ3v) is 6.89. The summed E-state index contributed by atoms with van der Waals surface area (Å²) in [5.41, 5.74) is 5.58. The molecule has 2 aromatic heterocycles. The molecule has 4 rings (SSSR count). The van der Waals surface area contributed by atoms with Crippen LogP contribution < -0.4 is 5.32 Å². The van der Waals surface area contributed by atoms with E-state index in [9.17, 15) is 9.59 Å². The number of thiocarbonyl (C=S) groups is 1. The fraction of sp³-hybridized carbons (Fsp3) is 0.333. The SMILES string of the molecule is COC(=O)CCCN1C(=S)N[C@@H](c2ccccn2)[C@H]1c1cc(C)n(-c2ccc(C(=O)OC)cc2)c1C. The highest BCUT2D eigenvalue weighted by Gasteiger charge is 2.41. The molecule has 1 N–H and O–H groups in total. The van der Waals surface area contributed by atoms with Crippen molar-refractivity contribution in [1.29, 1.82) is 0 Å². The number of hydrogen-bond acceptors (Lipinski definition) is 6. The average Bonchev–Trinajstić information content (AvgIpc) is 3.38. The van der Waals surface area contributed by atoms with Crippen molar-refractivity contribution in [2.45, 2.75) is 38.8 Å². The van der Waals surface area contributed by atoms with Gasteiger partial charge in [-0.15, -0.1) is 0 Å². The normalized spacial score (nSPS) is 17.1. The number of ether oxygens (including phenoxy) is 2. The maximum Gasteiger partial charge on any atom is 0.337 e. The van der Waals surface area contributed by atoms with Crippen LogP contribution in [0.15, 0.2) is 54.7 Å². The summed E-state index contributed by atoms with van der Waals surface area (Å²) in [6, 6.07) is 15.1. The number of nitrogens with one attached hydrogen (secondary N) is 1. The highest BCUT2D eigenvalue weighted by atomic mass is 32.1. The van der Waals surface area contributed by atoms with Gasteiger partial charge in [0.15, 0.2) is 5.11 Å². The van der Waals surface area contributed by atoms with Crippen LogP contribution in [0, 0.1) is 13.8 Å².